The first-order chi connectivity index (χ1) is 15.7. The van der Waals surface area contributed by atoms with Crippen LogP contribution in [0.15, 0.2) is 102 Å². The van der Waals surface area contributed by atoms with Gasteiger partial charge in [0.25, 0.3) is 5.91 Å². The summed E-state index contributed by atoms with van der Waals surface area (Å²) in [5.41, 5.74) is 4.54. The van der Waals surface area contributed by atoms with Crippen molar-refractivity contribution in [3.63, 3.8) is 0 Å². The Morgan fingerprint density at radius 2 is 1.59 bits per heavy atom. The van der Waals surface area contributed by atoms with Gasteiger partial charge in [0.1, 0.15) is 5.75 Å². The van der Waals surface area contributed by atoms with Crippen LogP contribution in [-0.4, -0.2) is 24.6 Å². The third-order valence-electron chi connectivity index (χ3n) is 4.71. The number of anilines is 1. The molecule has 32 heavy (non-hydrogen) atoms. The second-order valence-electron chi connectivity index (χ2n) is 7.00. The topological polar surface area (TPSA) is 79.8 Å². The summed E-state index contributed by atoms with van der Waals surface area (Å²) in [6, 6.07) is 29.5. The van der Waals surface area contributed by atoms with E-state index in [1.807, 2.05) is 48.5 Å². The molecule has 0 atom stereocenters. The van der Waals surface area contributed by atoms with Gasteiger partial charge in [-0.15, -0.1) is 0 Å². The molecule has 0 saturated carbocycles. The molecule has 0 fully saturated rings. The first kappa shape index (κ1) is 20.8. The fourth-order valence-electron chi connectivity index (χ4n) is 3.17. The number of hydrogen-bond acceptors (Lipinski definition) is 5. The molecule has 4 aromatic carbocycles. The average molecular weight is 423 g/mol. The largest absolute Gasteiger partial charge is 0.423 e. The van der Waals surface area contributed by atoms with Gasteiger partial charge in [0.15, 0.2) is 0 Å². The van der Waals surface area contributed by atoms with Crippen molar-refractivity contribution in [3.05, 3.63) is 108 Å². The highest BCUT2D eigenvalue weighted by Crippen LogP contribution is 2.22. The first-order valence-corrected chi connectivity index (χ1v) is 10.1. The summed E-state index contributed by atoms with van der Waals surface area (Å²) in [4.78, 5) is 24.3. The Bertz CT molecular complexity index is 1260. The van der Waals surface area contributed by atoms with Crippen molar-refractivity contribution >= 4 is 34.6 Å². The third kappa shape index (κ3) is 5.37. The molecule has 0 unspecified atom stereocenters. The lowest BCUT2D eigenvalue weighted by Gasteiger charge is -2.08. The lowest BCUT2D eigenvalue weighted by atomic mass is 10.1. The number of benzene rings is 4. The van der Waals surface area contributed by atoms with Crippen LogP contribution >= 0.6 is 0 Å². The third-order valence-corrected chi connectivity index (χ3v) is 4.71. The van der Waals surface area contributed by atoms with Crippen molar-refractivity contribution < 1.29 is 14.3 Å². The van der Waals surface area contributed by atoms with Crippen LogP contribution in [0.5, 0.6) is 5.75 Å². The van der Waals surface area contributed by atoms with Crippen molar-refractivity contribution in [2.24, 2.45) is 5.10 Å². The fraction of sp³-hybridized carbons (Fsp3) is 0.0385. The van der Waals surface area contributed by atoms with Crippen LogP contribution in [0.25, 0.3) is 10.8 Å². The van der Waals surface area contributed by atoms with Crippen molar-refractivity contribution in [3.8, 4) is 5.75 Å². The second kappa shape index (κ2) is 10.0. The lowest BCUT2D eigenvalue weighted by molar-refractivity contribution is -0.119. The van der Waals surface area contributed by atoms with E-state index in [0.717, 1.165) is 16.5 Å². The lowest BCUT2D eigenvalue weighted by Crippen LogP contribution is -2.25. The number of nitrogens with zero attached hydrogens (tertiary/aromatic N) is 1. The minimum absolute atomic E-state index is 0.0834. The van der Waals surface area contributed by atoms with E-state index < -0.39 is 5.97 Å². The Labute approximate surface area is 185 Å². The molecule has 0 aliphatic heterocycles. The summed E-state index contributed by atoms with van der Waals surface area (Å²) < 4.78 is 5.39. The summed E-state index contributed by atoms with van der Waals surface area (Å²) in [5, 5.41) is 9.28. The van der Waals surface area contributed by atoms with Crippen LogP contribution in [0.2, 0.25) is 0 Å². The highest BCUT2D eigenvalue weighted by Gasteiger charge is 2.08. The zero-order valence-corrected chi connectivity index (χ0v) is 17.2. The van der Waals surface area contributed by atoms with E-state index in [9.17, 15) is 9.59 Å². The van der Waals surface area contributed by atoms with Crippen LogP contribution in [0.1, 0.15) is 15.9 Å². The van der Waals surface area contributed by atoms with Crippen LogP contribution < -0.4 is 15.5 Å². The maximum atomic E-state index is 12.2. The number of nitrogens with one attached hydrogen (secondary N) is 2. The fourth-order valence-corrected chi connectivity index (χ4v) is 3.17. The molecule has 0 spiro atoms. The van der Waals surface area contributed by atoms with E-state index in [-0.39, 0.29) is 12.5 Å². The molecule has 0 aliphatic carbocycles. The number of esters is 1. The molecule has 0 aromatic heterocycles. The zero-order valence-electron chi connectivity index (χ0n) is 17.2. The van der Waals surface area contributed by atoms with E-state index in [0.29, 0.717) is 16.9 Å². The van der Waals surface area contributed by atoms with Crippen molar-refractivity contribution in [2.45, 2.75) is 0 Å². The van der Waals surface area contributed by atoms with Gasteiger partial charge in [0.05, 0.1) is 18.3 Å². The Morgan fingerprint density at radius 1 is 0.844 bits per heavy atom. The van der Waals surface area contributed by atoms with Crippen molar-refractivity contribution in [1.82, 2.24) is 5.43 Å². The molecule has 0 aliphatic rings. The first-order valence-electron chi connectivity index (χ1n) is 10.1. The van der Waals surface area contributed by atoms with Crippen molar-refractivity contribution in [2.75, 3.05) is 11.9 Å². The average Bonchev–Trinajstić information content (AvgIpc) is 2.83. The number of ether oxygens (including phenoxy) is 1. The minimum Gasteiger partial charge on any atom is -0.423 e. The maximum Gasteiger partial charge on any atom is 0.343 e. The van der Waals surface area contributed by atoms with Gasteiger partial charge in [0, 0.05) is 11.1 Å². The van der Waals surface area contributed by atoms with Gasteiger partial charge in [-0.3, -0.25) is 4.79 Å². The Morgan fingerprint density at radius 3 is 2.47 bits per heavy atom. The predicted octanol–water partition coefficient (Wildman–Crippen LogP) is 4.62. The molecule has 0 radical (unpaired) electrons. The standard InChI is InChI=1S/C26H21N3O3/c30-25(18-27-24-15-7-12-20-9-4-5-14-23(20)24)29-28-17-19-8-6-13-22(16-19)32-26(31)21-10-2-1-3-11-21/h1-17,27H,18H2,(H,29,30)/b28-17-. The highest BCUT2D eigenvalue weighted by atomic mass is 16.5. The summed E-state index contributed by atoms with van der Waals surface area (Å²) in [7, 11) is 0. The molecule has 6 heteroatoms. The van der Waals surface area contributed by atoms with E-state index in [1.54, 1.807) is 48.5 Å². The zero-order chi connectivity index (χ0) is 22.2. The molecule has 4 rings (SSSR count). The molecule has 0 heterocycles. The van der Waals surface area contributed by atoms with Gasteiger partial charge >= 0.3 is 5.97 Å². The highest BCUT2D eigenvalue weighted by molar-refractivity contribution is 5.95. The number of carbonyl (C=O) groups is 2. The summed E-state index contributed by atoms with van der Waals surface area (Å²) in [5.74, 6) is -0.319. The predicted molar refractivity (Wildman–Crippen MR) is 126 cm³/mol. The van der Waals surface area contributed by atoms with Gasteiger partial charge in [-0.25, -0.2) is 10.2 Å². The Balaban J connectivity index is 1.31. The summed E-state index contributed by atoms with van der Waals surface area (Å²) >= 11 is 0. The Kier molecular flexibility index (Phi) is 6.53. The SMILES string of the molecule is O=C(CNc1cccc2ccccc12)N/N=C\c1cccc(OC(=O)c2ccccc2)c1. The Hall–Kier alpha value is -4.45. The van der Waals surface area contributed by atoms with Crippen LogP contribution in [0.3, 0.4) is 0 Å². The van der Waals surface area contributed by atoms with Gasteiger partial charge in [-0.2, -0.15) is 5.10 Å². The molecule has 0 bridgehead atoms. The molecule has 6 nitrogen and oxygen atoms in total. The minimum atomic E-state index is -0.437. The van der Waals surface area contributed by atoms with E-state index >= 15 is 0 Å². The molecule has 1 amide bonds. The molecule has 0 saturated heterocycles. The van der Waals surface area contributed by atoms with Crippen LogP contribution in [0.4, 0.5) is 5.69 Å². The number of carbonyl (C=O) groups excluding carboxylic acids is 2. The van der Waals surface area contributed by atoms with Crippen LogP contribution in [-0.2, 0) is 4.79 Å². The molecular weight excluding hydrogens is 402 g/mol. The van der Waals surface area contributed by atoms with Gasteiger partial charge in [-0.1, -0.05) is 66.7 Å². The number of rotatable bonds is 7. The smallest absolute Gasteiger partial charge is 0.343 e. The van der Waals surface area contributed by atoms with E-state index in [2.05, 4.69) is 15.8 Å². The van der Waals surface area contributed by atoms with Gasteiger partial charge in [0.2, 0.25) is 0 Å². The molecule has 2 N–H and O–H groups in total. The van der Waals surface area contributed by atoms with E-state index in [4.69, 9.17) is 4.74 Å². The number of fused-ring (bicyclic) bond motifs is 1. The second-order valence-corrected chi connectivity index (χ2v) is 7.00. The number of hydrazone groups is 1. The maximum absolute atomic E-state index is 12.2. The monoisotopic (exact) mass is 423 g/mol. The summed E-state index contributed by atoms with van der Waals surface area (Å²) in [6.07, 6.45) is 1.50. The van der Waals surface area contributed by atoms with Crippen LogP contribution in [0, 0.1) is 0 Å². The number of amides is 1. The van der Waals surface area contributed by atoms with E-state index in [1.165, 1.54) is 6.21 Å². The van der Waals surface area contributed by atoms with Crippen molar-refractivity contribution in [1.29, 1.82) is 0 Å². The normalized spacial score (nSPS) is 10.8. The quantitative estimate of drug-likeness (QED) is 0.197. The van der Waals surface area contributed by atoms with Gasteiger partial charge < -0.3 is 10.1 Å². The molecule has 4 aromatic rings. The molecular formula is C26H21N3O3. The molecule has 158 valence electrons. The van der Waals surface area contributed by atoms with Gasteiger partial charge in [-0.05, 0) is 41.3 Å². The summed E-state index contributed by atoms with van der Waals surface area (Å²) in [6.45, 7) is 0.0834. The number of hydrogen-bond donors (Lipinski definition) is 2.